The van der Waals surface area contributed by atoms with E-state index >= 15 is 0 Å². The molecule has 12 heteroatoms. The number of carbonyl (C=O) groups is 2. The van der Waals surface area contributed by atoms with Gasteiger partial charge < -0.3 is 16.0 Å². The van der Waals surface area contributed by atoms with Crippen LogP contribution in [0.25, 0.3) is 11.3 Å². The normalized spacial score (nSPS) is 12.2. The van der Waals surface area contributed by atoms with Crippen LogP contribution in [0.1, 0.15) is 55.4 Å². The SMILES string of the molecule is CC(C)n1nc(-c2ccc(CC(=O)Nc3cc(C(C)(C)S(C)(=O)=O)no3)cc2)c(C(N)=O)c1N. The zero-order chi connectivity index (χ0) is 25.4. The van der Waals surface area contributed by atoms with E-state index in [2.05, 4.69) is 15.6 Å². The Labute approximate surface area is 197 Å². The summed E-state index contributed by atoms with van der Waals surface area (Å²) in [6, 6.07) is 8.23. The van der Waals surface area contributed by atoms with E-state index in [1.807, 2.05) is 13.8 Å². The van der Waals surface area contributed by atoms with Crippen molar-refractivity contribution in [1.82, 2.24) is 14.9 Å². The summed E-state index contributed by atoms with van der Waals surface area (Å²) in [5.74, 6) is -0.798. The number of amides is 2. The Morgan fingerprint density at radius 3 is 2.35 bits per heavy atom. The molecule has 0 fully saturated rings. The molecule has 0 aliphatic heterocycles. The fourth-order valence-corrected chi connectivity index (χ4v) is 3.72. The Morgan fingerprint density at radius 1 is 1.21 bits per heavy atom. The average Bonchev–Trinajstić information content (AvgIpc) is 3.32. The Morgan fingerprint density at radius 2 is 1.82 bits per heavy atom. The summed E-state index contributed by atoms with van der Waals surface area (Å²) >= 11 is 0. The summed E-state index contributed by atoms with van der Waals surface area (Å²) in [5, 5.41) is 10.8. The van der Waals surface area contributed by atoms with Gasteiger partial charge >= 0.3 is 0 Å². The number of nitrogens with one attached hydrogen (secondary N) is 1. The van der Waals surface area contributed by atoms with Crippen LogP contribution in [0.2, 0.25) is 0 Å². The number of aromatic nitrogens is 3. The van der Waals surface area contributed by atoms with E-state index in [1.165, 1.54) is 24.6 Å². The highest BCUT2D eigenvalue weighted by molar-refractivity contribution is 7.91. The lowest BCUT2D eigenvalue weighted by Crippen LogP contribution is -2.28. The fraction of sp³-hybridized carbons (Fsp3) is 0.364. The maximum Gasteiger partial charge on any atom is 0.254 e. The van der Waals surface area contributed by atoms with Gasteiger partial charge in [0.05, 0.1) is 6.42 Å². The first-order valence-corrected chi connectivity index (χ1v) is 12.3. The molecule has 2 aromatic heterocycles. The van der Waals surface area contributed by atoms with Crippen molar-refractivity contribution in [3.63, 3.8) is 0 Å². The predicted octanol–water partition coefficient (Wildman–Crippen LogP) is 2.26. The van der Waals surface area contributed by atoms with Crippen LogP contribution < -0.4 is 16.8 Å². The molecule has 0 spiro atoms. The first-order valence-electron chi connectivity index (χ1n) is 10.5. The molecule has 0 atom stereocenters. The van der Waals surface area contributed by atoms with Gasteiger partial charge in [0.2, 0.25) is 11.8 Å². The summed E-state index contributed by atoms with van der Waals surface area (Å²) in [6.45, 7) is 6.79. The van der Waals surface area contributed by atoms with Crippen LogP contribution in [-0.2, 0) is 25.8 Å². The maximum atomic E-state index is 12.4. The average molecular weight is 489 g/mol. The number of anilines is 2. The molecular formula is C22H28N6O5S. The summed E-state index contributed by atoms with van der Waals surface area (Å²) in [4.78, 5) is 24.4. The number of benzene rings is 1. The third-order valence-electron chi connectivity index (χ3n) is 5.59. The zero-order valence-corrected chi connectivity index (χ0v) is 20.4. The topological polar surface area (TPSA) is 176 Å². The molecule has 0 bridgehead atoms. The lowest BCUT2D eigenvalue weighted by Gasteiger charge is -2.18. The standard InChI is InChI=1S/C22H28N6O5S/c1-12(2)28-20(23)18(21(24)30)19(26-28)14-8-6-13(7-9-14)10-16(29)25-17-11-15(27-33-17)22(3,4)34(5,31)32/h6-9,11-12H,10,23H2,1-5H3,(H2,24,30)(H,25,29). The van der Waals surface area contributed by atoms with Crippen LogP contribution >= 0.6 is 0 Å². The summed E-state index contributed by atoms with van der Waals surface area (Å²) in [6.07, 6.45) is 1.13. The Hall–Kier alpha value is -3.67. The molecule has 0 saturated carbocycles. The molecular weight excluding hydrogens is 460 g/mol. The number of carbonyl (C=O) groups excluding carboxylic acids is 2. The van der Waals surface area contributed by atoms with Crippen molar-refractivity contribution in [1.29, 1.82) is 0 Å². The van der Waals surface area contributed by atoms with E-state index in [0.717, 1.165) is 6.26 Å². The number of primary amides is 1. The van der Waals surface area contributed by atoms with Crippen molar-refractivity contribution in [2.45, 2.75) is 44.9 Å². The predicted molar refractivity (Wildman–Crippen MR) is 128 cm³/mol. The number of nitrogen functional groups attached to an aromatic ring is 1. The second-order valence-corrected chi connectivity index (χ2v) is 11.4. The van der Waals surface area contributed by atoms with Crippen molar-refractivity contribution >= 4 is 33.4 Å². The lowest BCUT2D eigenvalue weighted by molar-refractivity contribution is -0.115. The van der Waals surface area contributed by atoms with E-state index in [1.54, 1.807) is 24.3 Å². The molecule has 2 amide bonds. The highest BCUT2D eigenvalue weighted by atomic mass is 32.2. The molecule has 3 aromatic rings. The van der Waals surface area contributed by atoms with E-state index in [4.69, 9.17) is 16.0 Å². The van der Waals surface area contributed by atoms with E-state index in [0.29, 0.717) is 16.8 Å². The van der Waals surface area contributed by atoms with Gasteiger partial charge in [0, 0.05) is 23.9 Å². The quantitative estimate of drug-likeness (QED) is 0.432. The number of nitrogens with zero attached hydrogens (tertiary/aromatic N) is 3. The second kappa shape index (κ2) is 8.93. The van der Waals surface area contributed by atoms with Crippen LogP contribution in [0.5, 0.6) is 0 Å². The van der Waals surface area contributed by atoms with Gasteiger partial charge in [-0.25, -0.2) is 13.1 Å². The number of hydrogen-bond acceptors (Lipinski definition) is 8. The minimum atomic E-state index is -3.44. The van der Waals surface area contributed by atoms with E-state index in [-0.39, 0.29) is 41.3 Å². The lowest BCUT2D eigenvalue weighted by atomic mass is 10.0. The highest BCUT2D eigenvalue weighted by Gasteiger charge is 2.35. The molecule has 0 radical (unpaired) electrons. The van der Waals surface area contributed by atoms with Crippen LogP contribution in [-0.4, -0.2) is 41.4 Å². The molecule has 0 unspecified atom stereocenters. The molecule has 182 valence electrons. The Kier molecular flexibility index (Phi) is 6.56. The monoisotopic (exact) mass is 488 g/mol. The number of rotatable bonds is 8. The van der Waals surface area contributed by atoms with Gasteiger partial charge in [-0.3, -0.25) is 14.9 Å². The summed E-state index contributed by atoms with van der Waals surface area (Å²) in [5.41, 5.74) is 13.6. The Bertz CT molecular complexity index is 1340. The van der Waals surface area contributed by atoms with Crippen molar-refractivity contribution in [2.24, 2.45) is 5.73 Å². The van der Waals surface area contributed by atoms with E-state index < -0.39 is 20.5 Å². The van der Waals surface area contributed by atoms with Gasteiger partial charge in [0.15, 0.2) is 9.84 Å². The van der Waals surface area contributed by atoms with Crippen molar-refractivity contribution in [3.05, 3.63) is 47.2 Å². The molecule has 5 N–H and O–H groups in total. The first-order chi connectivity index (χ1) is 15.7. The maximum absolute atomic E-state index is 12.4. The highest BCUT2D eigenvalue weighted by Crippen LogP contribution is 2.30. The summed E-state index contributed by atoms with van der Waals surface area (Å²) in [7, 11) is -3.44. The first kappa shape index (κ1) is 25.0. The van der Waals surface area contributed by atoms with E-state index in [9.17, 15) is 18.0 Å². The van der Waals surface area contributed by atoms with Crippen molar-refractivity contribution in [3.8, 4) is 11.3 Å². The van der Waals surface area contributed by atoms with Crippen molar-refractivity contribution in [2.75, 3.05) is 17.3 Å². The van der Waals surface area contributed by atoms with Gasteiger partial charge in [-0.1, -0.05) is 29.4 Å². The molecule has 1 aromatic carbocycles. The molecule has 3 rings (SSSR count). The largest absolute Gasteiger partial charge is 0.383 e. The van der Waals surface area contributed by atoms with Gasteiger partial charge in [-0.15, -0.1) is 0 Å². The van der Waals surface area contributed by atoms with Crippen LogP contribution in [0.15, 0.2) is 34.9 Å². The molecule has 2 heterocycles. The fourth-order valence-electron chi connectivity index (χ4n) is 3.24. The van der Waals surface area contributed by atoms with Crippen LogP contribution in [0.4, 0.5) is 11.7 Å². The van der Waals surface area contributed by atoms with Gasteiger partial charge in [-0.2, -0.15) is 5.10 Å². The Balaban J connectivity index is 1.75. The van der Waals surface area contributed by atoms with Gasteiger partial charge in [0.1, 0.15) is 27.5 Å². The minimum Gasteiger partial charge on any atom is -0.383 e. The molecule has 0 aliphatic rings. The smallest absolute Gasteiger partial charge is 0.254 e. The summed E-state index contributed by atoms with van der Waals surface area (Å²) < 4.78 is 29.3. The molecule has 11 nitrogen and oxygen atoms in total. The van der Waals surface area contributed by atoms with Gasteiger partial charge in [-0.05, 0) is 33.3 Å². The van der Waals surface area contributed by atoms with Crippen molar-refractivity contribution < 1.29 is 22.5 Å². The molecule has 0 aliphatic carbocycles. The minimum absolute atomic E-state index is 0.0248. The third-order valence-corrected chi connectivity index (χ3v) is 7.65. The van der Waals surface area contributed by atoms with Gasteiger partial charge in [0.25, 0.3) is 5.91 Å². The molecule has 0 saturated heterocycles. The number of hydrogen-bond donors (Lipinski definition) is 3. The third kappa shape index (κ3) is 4.81. The van der Waals surface area contributed by atoms with Crippen LogP contribution in [0.3, 0.4) is 0 Å². The molecule has 34 heavy (non-hydrogen) atoms. The number of nitrogens with two attached hydrogens (primary N) is 2. The second-order valence-electron chi connectivity index (χ2n) is 8.79. The zero-order valence-electron chi connectivity index (χ0n) is 19.6. The van der Waals surface area contributed by atoms with Crippen LogP contribution in [0, 0.1) is 0 Å². The number of sulfone groups is 1.